The van der Waals surface area contributed by atoms with Gasteiger partial charge in [-0.25, -0.2) is 18.5 Å². The summed E-state index contributed by atoms with van der Waals surface area (Å²) in [4.78, 5) is 16.9. The van der Waals surface area contributed by atoms with E-state index in [0.29, 0.717) is 22.8 Å². The summed E-state index contributed by atoms with van der Waals surface area (Å²) in [6, 6.07) is 11.8. The average Bonchev–Trinajstić information content (AvgIpc) is 2.96. The molecule has 26 heavy (non-hydrogen) atoms. The topological polar surface area (TPSA) is 95.0 Å². The summed E-state index contributed by atoms with van der Waals surface area (Å²) < 4.78 is 25.9. The number of nitrogens with two attached hydrogens (primary N) is 1. The van der Waals surface area contributed by atoms with Crippen molar-refractivity contribution in [1.82, 2.24) is 9.55 Å². The van der Waals surface area contributed by atoms with Gasteiger partial charge in [-0.1, -0.05) is 39.8 Å². The highest BCUT2D eigenvalue weighted by molar-refractivity contribution is 9.10. The number of fused-ring (bicyclic) bond motifs is 1. The van der Waals surface area contributed by atoms with Crippen LogP contribution in [0.5, 0.6) is 0 Å². The van der Waals surface area contributed by atoms with Crippen LogP contribution in [0.15, 0.2) is 57.0 Å². The van der Waals surface area contributed by atoms with Gasteiger partial charge in [0.1, 0.15) is 0 Å². The molecule has 6 nitrogen and oxygen atoms in total. The Balaban J connectivity index is 1.87. The third-order valence-electron chi connectivity index (χ3n) is 3.83. The summed E-state index contributed by atoms with van der Waals surface area (Å²) in [6.45, 7) is 2.62. The Morgan fingerprint density at radius 3 is 2.54 bits per heavy atom. The van der Waals surface area contributed by atoms with Crippen molar-refractivity contribution in [3.63, 3.8) is 0 Å². The molecule has 136 valence electrons. The molecule has 0 saturated heterocycles. The van der Waals surface area contributed by atoms with E-state index in [-0.39, 0.29) is 16.4 Å². The third-order valence-corrected chi connectivity index (χ3v) is 6.24. The lowest BCUT2D eigenvalue weighted by Gasteiger charge is -2.05. The van der Waals surface area contributed by atoms with Crippen LogP contribution in [-0.4, -0.2) is 29.5 Å². The molecular weight excluding hydrogens is 438 g/mol. The number of carbonyl (C=O) groups is 1. The summed E-state index contributed by atoms with van der Waals surface area (Å²) in [5, 5.41) is 5.85. The predicted molar refractivity (Wildman–Crippen MR) is 106 cm³/mol. The van der Waals surface area contributed by atoms with Crippen molar-refractivity contribution < 1.29 is 13.2 Å². The molecule has 1 heterocycles. The van der Waals surface area contributed by atoms with E-state index in [0.717, 1.165) is 9.99 Å². The van der Waals surface area contributed by atoms with Crippen molar-refractivity contribution in [2.24, 2.45) is 5.14 Å². The van der Waals surface area contributed by atoms with Crippen LogP contribution in [0.2, 0.25) is 0 Å². The molecule has 0 radical (unpaired) electrons. The molecule has 1 aromatic heterocycles. The maximum atomic E-state index is 12.4. The second-order valence-corrected chi connectivity index (χ2v) is 8.97. The normalized spacial score (nSPS) is 11.8. The third kappa shape index (κ3) is 4.01. The number of rotatable bonds is 6. The Bertz CT molecular complexity index is 1080. The number of primary sulfonamides is 1. The van der Waals surface area contributed by atoms with E-state index in [9.17, 15) is 13.2 Å². The summed E-state index contributed by atoms with van der Waals surface area (Å²) >= 11 is 4.67. The first-order valence-electron chi connectivity index (χ1n) is 7.74. The van der Waals surface area contributed by atoms with Crippen molar-refractivity contribution in [2.45, 2.75) is 23.5 Å². The molecule has 0 bridgehead atoms. The van der Waals surface area contributed by atoms with Gasteiger partial charge in [0.25, 0.3) is 0 Å². The minimum absolute atomic E-state index is 0.00225. The number of benzene rings is 2. The number of thioether (sulfide) groups is 1. The van der Waals surface area contributed by atoms with Crippen LogP contribution in [0.4, 0.5) is 0 Å². The molecule has 0 aliphatic carbocycles. The largest absolute Gasteiger partial charge is 0.319 e. The summed E-state index contributed by atoms with van der Waals surface area (Å²) in [7, 11) is -3.78. The van der Waals surface area contributed by atoms with Gasteiger partial charge in [-0.05, 0) is 37.3 Å². The van der Waals surface area contributed by atoms with Crippen molar-refractivity contribution in [1.29, 1.82) is 0 Å². The molecule has 3 rings (SSSR count). The van der Waals surface area contributed by atoms with Gasteiger partial charge in [0.15, 0.2) is 10.9 Å². The molecule has 0 atom stereocenters. The fourth-order valence-corrected chi connectivity index (χ4v) is 4.30. The second-order valence-electron chi connectivity index (χ2n) is 5.55. The van der Waals surface area contributed by atoms with Crippen LogP contribution in [0.1, 0.15) is 17.3 Å². The SMILES string of the molecule is CCn1c(SCC(=O)c2ccc(Br)cc2)nc2cc(S(N)(=O)=O)ccc21. The number of aryl methyl sites for hydroxylation is 1. The van der Waals surface area contributed by atoms with E-state index < -0.39 is 10.0 Å². The van der Waals surface area contributed by atoms with Gasteiger partial charge >= 0.3 is 0 Å². The van der Waals surface area contributed by atoms with Gasteiger partial charge in [0, 0.05) is 16.6 Å². The van der Waals surface area contributed by atoms with Gasteiger partial charge in [-0.3, -0.25) is 4.79 Å². The molecule has 0 amide bonds. The van der Waals surface area contributed by atoms with Crippen LogP contribution in [-0.2, 0) is 16.6 Å². The molecule has 2 N–H and O–H groups in total. The Morgan fingerprint density at radius 2 is 1.92 bits per heavy atom. The van der Waals surface area contributed by atoms with Crippen LogP contribution in [0, 0.1) is 0 Å². The predicted octanol–water partition coefficient (Wildman–Crippen LogP) is 3.44. The number of nitrogens with zero attached hydrogens (tertiary/aromatic N) is 2. The van der Waals surface area contributed by atoms with Gasteiger partial charge in [0.2, 0.25) is 10.0 Å². The fourth-order valence-electron chi connectivity index (χ4n) is 2.53. The number of hydrogen-bond donors (Lipinski definition) is 1. The van der Waals surface area contributed by atoms with Crippen molar-refractivity contribution >= 4 is 54.5 Å². The molecule has 0 fully saturated rings. The van der Waals surface area contributed by atoms with Gasteiger partial charge in [-0.15, -0.1) is 0 Å². The Hall–Kier alpha value is -1.68. The average molecular weight is 454 g/mol. The standard InChI is InChI=1S/C17H16BrN3O3S2/c1-2-21-15-8-7-13(26(19,23)24)9-14(15)20-17(21)25-10-16(22)11-3-5-12(18)6-4-11/h3-9H,2,10H2,1H3,(H2,19,23,24). The minimum Gasteiger partial charge on any atom is -0.319 e. The number of ketones is 1. The highest BCUT2D eigenvalue weighted by atomic mass is 79.9. The van der Waals surface area contributed by atoms with E-state index in [1.807, 2.05) is 23.6 Å². The molecule has 9 heteroatoms. The highest BCUT2D eigenvalue weighted by Gasteiger charge is 2.16. The van der Waals surface area contributed by atoms with Crippen molar-refractivity contribution in [3.05, 3.63) is 52.5 Å². The van der Waals surface area contributed by atoms with Gasteiger partial charge in [-0.2, -0.15) is 0 Å². The quantitative estimate of drug-likeness (QED) is 0.455. The first-order valence-corrected chi connectivity index (χ1v) is 11.1. The maximum Gasteiger partial charge on any atom is 0.238 e. The van der Waals surface area contributed by atoms with Crippen LogP contribution >= 0.6 is 27.7 Å². The number of aromatic nitrogens is 2. The van der Waals surface area contributed by atoms with Gasteiger partial charge < -0.3 is 4.57 Å². The smallest absolute Gasteiger partial charge is 0.238 e. The lowest BCUT2D eigenvalue weighted by atomic mass is 10.2. The zero-order chi connectivity index (χ0) is 18.9. The van der Waals surface area contributed by atoms with E-state index in [4.69, 9.17) is 5.14 Å². The number of imidazole rings is 1. The molecule has 2 aromatic carbocycles. The molecule has 0 saturated carbocycles. The second kappa shape index (κ2) is 7.51. The van der Waals surface area contributed by atoms with Crippen LogP contribution < -0.4 is 5.14 Å². The van der Waals surface area contributed by atoms with Gasteiger partial charge in [0.05, 0.1) is 21.7 Å². The molecule has 0 unspecified atom stereocenters. The van der Waals surface area contributed by atoms with Crippen molar-refractivity contribution in [3.8, 4) is 0 Å². The minimum atomic E-state index is -3.78. The Morgan fingerprint density at radius 1 is 1.23 bits per heavy atom. The lowest BCUT2D eigenvalue weighted by Crippen LogP contribution is -2.11. The molecular formula is C17H16BrN3O3S2. The summed E-state index contributed by atoms with van der Waals surface area (Å²) in [6.07, 6.45) is 0. The van der Waals surface area contributed by atoms with E-state index >= 15 is 0 Å². The lowest BCUT2D eigenvalue weighted by molar-refractivity contribution is 0.102. The zero-order valence-electron chi connectivity index (χ0n) is 13.8. The number of sulfonamides is 1. The molecule has 0 aliphatic rings. The van der Waals surface area contributed by atoms with Crippen molar-refractivity contribution in [2.75, 3.05) is 5.75 Å². The zero-order valence-corrected chi connectivity index (χ0v) is 17.1. The van der Waals surface area contributed by atoms with E-state index in [2.05, 4.69) is 20.9 Å². The fraction of sp³-hybridized carbons (Fsp3) is 0.176. The first-order chi connectivity index (χ1) is 12.3. The van der Waals surface area contributed by atoms with Crippen LogP contribution in [0.25, 0.3) is 11.0 Å². The monoisotopic (exact) mass is 453 g/mol. The summed E-state index contributed by atoms with van der Waals surface area (Å²) in [5.41, 5.74) is 1.98. The van der Waals surface area contributed by atoms with Crippen LogP contribution in [0.3, 0.4) is 0 Å². The molecule has 0 spiro atoms. The number of hydrogen-bond acceptors (Lipinski definition) is 5. The number of carbonyl (C=O) groups excluding carboxylic acids is 1. The summed E-state index contributed by atoms with van der Waals surface area (Å²) in [5.74, 6) is 0.245. The Kier molecular flexibility index (Phi) is 5.52. The first kappa shape index (κ1) is 19.1. The van der Waals surface area contributed by atoms with E-state index in [1.54, 1.807) is 18.2 Å². The number of halogens is 1. The maximum absolute atomic E-state index is 12.4. The Labute approximate surface area is 164 Å². The highest BCUT2D eigenvalue weighted by Crippen LogP contribution is 2.26. The molecule has 0 aliphatic heterocycles. The van der Waals surface area contributed by atoms with E-state index in [1.165, 1.54) is 23.9 Å². The number of Topliss-reactive ketones (excluding diaryl/α,β-unsaturated/α-hetero) is 1. The molecule has 3 aromatic rings.